The van der Waals surface area contributed by atoms with Crippen LogP contribution in [-0.4, -0.2) is 48.6 Å². The van der Waals surface area contributed by atoms with Crippen LogP contribution in [0, 0.1) is 0 Å². The highest BCUT2D eigenvalue weighted by Gasteiger charge is 2.19. The Balaban J connectivity index is 1.86. The summed E-state index contributed by atoms with van der Waals surface area (Å²) in [4.78, 5) is 25.1. The van der Waals surface area contributed by atoms with E-state index in [0.29, 0.717) is 12.3 Å². The molecule has 7 heteroatoms. The Hall–Kier alpha value is -2.25. The molecular formula is C19H24N2O4S. The Morgan fingerprint density at radius 3 is 2.54 bits per heavy atom. The second-order valence-electron chi connectivity index (χ2n) is 6.27. The number of likely N-dealkylation sites (N-methyl/N-ethyl adjacent to an activating group) is 1. The van der Waals surface area contributed by atoms with Crippen molar-refractivity contribution >= 4 is 23.6 Å². The Morgan fingerprint density at radius 2 is 1.88 bits per heavy atom. The largest absolute Gasteiger partial charge is 0.481 e. The van der Waals surface area contributed by atoms with E-state index in [0.717, 1.165) is 11.5 Å². The average Bonchev–Trinajstić information content (AvgIpc) is 3.03. The molecule has 0 unspecified atom stereocenters. The van der Waals surface area contributed by atoms with Gasteiger partial charge >= 0.3 is 5.97 Å². The van der Waals surface area contributed by atoms with Crippen LogP contribution in [0.5, 0.6) is 0 Å². The Kier molecular flexibility index (Phi) is 7.74. The van der Waals surface area contributed by atoms with Gasteiger partial charge in [0.15, 0.2) is 5.76 Å². The molecule has 1 aromatic carbocycles. The summed E-state index contributed by atoms with van der Waals surface area (Å²) in [6, 6.07) is 13.1. The smallest absolute Gasteiger partial charge is 0.305 e. The molecule has 26 heavy (non-hydrogen) atoms. The van der Waals surface area contributed by atoms with Crippen molar-refractivity contribution in [2.75, 3.05) is 20.6 Å². The number of carboxylic acid groups (broad SMARTS) is 1. The number of rotatable bonds is 10. The van der Waals surface area contributed by atoms with Gasteiger partial charge in [0.2, 0.25) is 0 Å². The van der Waals surface area contributed by atoms with Crippen LogP contribution in [0.2, 0.25) is 0 Å². The van der Waals surface area contributed by atoms with Gasteiger partial charge in [-0.3, -0.25) is 9.59 Å². The van der Waals surface area contributed by atoms with E-state index in [1.165, 1.54) is 5.56 Å². The third-order valence-corrected chi connectivity index (χ3v) is 4.61. The van der Waals surface area contributed by atoms with Crippen molar-refractivity contribution in [3.05, 3.63) is 59.5 Å². The van der Waals surface area contributed by atoms with Crippen LogP contribution < -0.4 is 5.32 Å². The predicted molar refractivity (Wildman–Crippen MR) is 102 cm³/mol. The van der Waals surface area contributed by atoms with Gasteiger partial charge in [-0.15, -0.1) is 11.8 Å². The molecule has 1 aromatic heterocycles. The second-order valence-corrected chi connectivity index (χ2v) is 7.26. The molecule has 0 spiro atoms. The van der Waals surface area contributed by atoms with Crippen LogP contribution in [0.3, 0.4) is 0 Å². The summed E-state index contributed by atoms with van der Waals surface area (Å²) in [5.74, 6) is 1.12. The highest BCUT2D eigenvalue weighted by Crippen LogP contribution is 2.19. The van der Waals surface area contributed by atoms with Gasteiger partial charge in [0.05, 0.1) is 18.2 Å². The number of furan rings is 1. The monoisotopic (exact) mass is 376 g/mol. The number of nitrogens with zero attached hydrogens (tertiary/aromatic N) is 1. The highest BCUT2D eigenvalue weighted by molar-refractivity contribution is 7.97. The molecule has 0 saturated carbocycles. The fourth-order valence-corrected chi connectivity index (χ4v) is 3.38. The average molecular weight is 376 g/mol. The zero-order valence-corrected chi connectivity index (χ0v) is 15.8. The van der Waals surface area contributed by atoms with Gasteiger partial charge in [-0.1, -0.05) is 30.3 Å². The van der Waals surface area contributed by atoms with Crippen molar-refractivity contribution in [2.24, 2.45) is 0 Å². The van der Waals surface area contributed by atoms with Gasteiger partial charge in [0.25, 0.3) is 5.91 Å². The first-order chi connectivity index (χ1) is 12.4. The fraction of sp³-hybridized carbons (Fsp3) is 0.368. The fourth-order valence-electron chi connectivity index (χ4n) is 2.49. The van der Waals surface area contributed by atoms with E-state index in [1.54, 1.807) is 23.9 Å². The lowest BCUT2D eigenvalue weighted by molar-refractivity contribution is -0.137. The number of aliphatic carboxylic acids is 1. The molecule has 1 atom stereocenters. The molecule has 1 amide bonds. The number of amides is 1. The maximum Gasteiger partial charge on any atom is 0.305 e. The van der Waals surface area contributed by atoms with E-state index in [-0.39, 0.29) is 12.2 Å². The van der Waals surface area contributed by atoms with Crippen LogP contribution in [0.25, 0.3) is 0 Å². The van der Waals surface area contributed by atoms with Crippen molar-refractivity contribution < 1.29 is 19.1 Å². The molecule has 0 bridgehead atoms. The predicted octanol–water partition coefficient (Wildman–Crippen LogP) is 2.85. The summed E-state index contributed by atoms with van der Waals surface area (Å²) in [5.41, 5.74) is 1.24. The quantitative estimate of drug-likeness (QED) is 0.663. The van der Waals surface area contributed by atoms with Crippen molar-refractivity contribution in [1.29, 1.82) is 0 Å². The summed E-state index contributed by atoms with van der Waals surface area (Å²) in [6.07, 6.45) is -0.135. The molecule has 2 rings (SSSR count). The summed E-state index contributed by atoms with van der Waals surface area (Å²) in [5, 5.41) is 11.7. The molecular weight excluding hydrogens is 352 g/mol. The molecule has 2 N–H and O–H groups in total. The molecule has 0 saturated heterocycles. The van der Waals surface area contributed by atoms with Crippen LogP contribution in [-0.2, 0) is 16.3 Å². The molecule has 0 aliphatic rings. The summed E-state index contributed by atoms with van der Waals surface area (Å²) >= 11 is 1.71. The van der Waals surface area contributed by atoms with E-state index in [2.05, 4.69) is 17.4 Å². The SMILES string of the molecule is CN(C)C[C@@H](CC(=O)O)NC(=O)c1ccc(CSCc2ccccc2)o1. The molecule has 2 aromatic rings. The minimum atomic E-state index is -0.949. The van der Waals surface area contributed by atoms with Crippen molar-refractivity contribution in [3.63, 3.8) is 0 Å². The van der Waals surface area contributed by atoms with Crippen molar-refractivity contribution in [1.82, 2.24) is 10.2 Å². The lowest BCUT2D eigenvalue weighted by atomic mass is 10.2. The van der Waals surface area contributed by atoms with Gasteiger partial charge in [0, 0.05) is 12.3 Å². The standard InChI is InChI=1S/C19H24N2O4S/c1-21(2)11-15(10-18(22)23)20-19(24)17-9-8-16(25-17)13-26-12-14-6-4-3-5-7-14/h3-9,15H,10-13H2,1-2H3,(H,20,24)(H,22,23)/t15-/m1/s1. The first-order valence-electron chi connectivity index (χ1n) is 8.32. The zero-order chi connectivity index (χ0) is 18.9. The molecule has 0 aliphatic carbocycles. The van der Waals surface area contributed by atoms with Gasteiger partial charge in [0.1, 0.15) is 5.76 Å². The van der Waals surface area contributed by atoms with Gasteiger partial charge in [-0.2, -0.15) is 0 Å². The third-order valence-electron chi connectivity index (χ3n) is 3.58. The number of nitrogens with one attached hydrogen (secondary N) is 1. The normalized spacial score (nSPS) is 12.1. The molecule has 0 radical (unpaired) electrons. The topological polar surface area (TPSA) is 82.8 Å². The van der Waals surface area contributed by atoms with Crippen LogP contribution in [0.15, 0.2) is 46.9 Å². The van der Waals surface area contributed by atoms with E-state index in [4.69, 9.17) is 9.52 Å². The second kappa shape index (κ2) is 10.0. The van der Waals surface area contributed by atoms with Crippen LogP contribution in [0.4, 0.5) is 0 Å². The van der Waals surface area contributed by atoms with E-state index in [9.17, 15) is 9.59 Å². The van der Waals surface area contributed by atoms with Crippen LogP contribution in [0.1, 0.15) is 28.3 Å². The molecule has 1 heterocycles. The number of carbonyl (C=O) groups excluding carboxylic acids is 1. The third kappa shape index (κ3) is 6.93. The number of thioether (sulfide) groups is 1. The first kappa shape index (κ1) is 20.1. The summed E-state index contributed by atoms with van der Waals surface area (Å²) < 4.78 is 5.60. The number of hydrogen-bond acceptors (Lipinski definition) is 5. The Morgan fingerprint density at radius 1 is 1.15 bits per heavy atom. The minimum Gasteiger partial charge on any atom is -0.481 e. The molecule has 6 nitrogen and oxygen atoms in total. The molecule has 0 fully saturated rings. The van der Waals surface area contributed by atoms with E-state index < -0.39 is 17.9 Å². The Labute approximate surface area is 157 Å². The molecule has 0 aliphatic heterocycles. The van der Waals surface area contributed by atoms with Gasteiger partial charge < -0.3 is 19.7 Å². The van der Waals surface area contributed by atoms with E-state index >= 15 is 0 Å². The highest BCUT2D eigenvalue weighted by atomic mass is 32.2. The summed E-state index contributed by atoms with van der Waals surface area (Å²) in [6.45, 7) is 0.443. The maximum absolute atomic E-state index is 12.3. The van der Waals surface area contributed by atoms with Crippen LogP contribution >= 0.6 is 11.8 Å². The number of carboxylic acids is 1. The minimum absolute atomic E-state index is 0.135. The first-order valence-corrected chi connectivity index (χ1v) is 9.47. The lowest BCUT2D eigenvalue weighted by Gasteiger charge is -2.20. The van der Waals surface area contributed by atoms with Gasteiger partial charge in [-0.05, 0) is 31.8 Å². The number of benzene rings is 1. The number of carbonyl (C=O) groups is 2. The lowest BCUT2D eigenvalue weighted by Crippen LogP contribution is -2.42. The summed E-state index contributed by atoms with van der Waals surface area (Å²) in [7, 11) is 3.66. The van der Waals surface area contributed by atoms with E-state index in [1.807, 2.05) is 37.2 Å². The zero-order valence-electron chi connectivity index (χ0n) is 15.0. The maximum atomic E-state index is 12.3. The van der Waals surface area contributed by atoms with Crippen molar-refractivity contribution in [2.45, 2.75) is 24.0 Å². The Bertz CT molecular complexity index is 715. The van der Waals surface area contributed by atoms with Gasteiger partial charge in [-0.25, -0.2) is 0 Å². The van der Waals surface area contributed by atoms with Crippen molar-refractivity contribution in [3.8, 4) is 0 Å². The number of hydrogen-bond donors (Lipinski definition) is 2. The molecule has 140 valence electrons.